The average Bonchev–Trinajstić information content (AvgIpc) is 2.80. The molecule has 0 amide bonds. The summed E-state index contributed by atoms with van der Waals surface area (Å²) >= 11 is 1.94. The van der Waals surface area contributed by atoms with E-state index in [0.717, 1.165) is 39.4 Å². The van der Waals surface area contributed by atoms with Gasteiger partial charge in [-0.15, -0.1) is 11.3 Å². The normalized spacial score (nSPS) is 20.4. The summed E-state index contributed by atoms with van der Waals surface area (Å²) in [6, 6.07) is 2.98. The quantitative estimate of drug-likeness (QED) is 0.782. The van der Waals surface area contributed by atoms with Gasteiger partial charge in [-0.2, -0.15) is 0 Å². The molecule has 2 rings (SSSR count). The zero-order chi connectivity index (χ0) is 14.4. The Morgan fingerprint density at radius 2 is 2.30 bits per heavy atom. The van der Waals surface area contributed by atoms with Crippen LogP contribution in [0.15, 0.2) is 6.07 Å². The van der Waals surface area contributed by atoms with Crippen LogP contribution in [0.4, 0.5) is 0 Å². The number of ether oxygens (including phenoxy) is 1. The number of morpholine rings is 1. The molecule has 0 bridgehead atoms. The number of hydrogen-bond acceptors (Lipinski definition) is 4. The summed E-state index contributed by atoms with van der Waals surface area (Å²) in [6.45, 7) is 12.8. The highest BCUT2D eigenvalue weighted by Crippen LogP contribution is 2.24. The molecule has 4 heteroatoms. The molecule has 1 fully saturated rings. The lowest BCUT2D eigenvalue weighted by Crippen LogP contribution is -2.44. The van der Waals surface area contributed by atoms with Crippen molar-refractivity contribution in [1.29, 1.82) is 0 Å². The van der Waals surface area contributed by atoms with Crippen LogP contribution < -0.4 is 5.32 Å². The molecule has 1 N–H and O–H groups in total. The van der Waals surface area contributed by atoms with Crippen LogP contribution in [0.3, 0.4) is 0 Å². The Balaban J connectivity index is 1.94. The van der Waals surface area contributed by atoms with E-state index < -0.39 is 0 Å². The number of nitrogens with one attached hydrogen (secondary N) is 1. The van der Waals surface area contributed by atoms with Crippen molar-refractivity contribution < 1.29 is 4.74 Å². The summed E-state index contributed by atoms with van der Waals surface area (Å²) < 4.78 is 5.59. The minimum Gasteiger partial charge on any atom is -0.378 e. The second-order valence-corrected chi connectivity index (χ2v) is 6.92. The average molecular weight is 296 g/mol. The summed E-state index contributed by atoms with van der Waals surface area (Å²) in [5.74, 6) is 0. The molecule has 1 unspecified atom stereocenters. The molecule has 3 nitrogen and oxygen atoms in total. The first-order valence-corrected chi connectivity index (χ1v) is 8.67. The topological polar surface area (TPSA) is 24.5 Å². The third-order valence-corrected chi connectivity index (χ3v) is 5.08. The lowest BCUT2D eigenvalue weighted by Gasteiger charge is -2.35. The van der Waals surface area contributed by atoms with Gasteiger partial charge < -0.3 is 10.1 Å². The van der Waals surface area contributed by atoms with Crippen molar-refractivity contribution in [3.05, 3.63) is 21.4 Å². The third-order valence-electron chi connectivity index (χ3n) is 3.99. The van der Waals surface area contributed by atoms with E-state index in [0.29, 0.717) is 6.04 Å². The standard InChI is InChI=1S/C16H28N2OS/c1-4-6-17-10-16-9-14(13(3)20-16)11-18-7-8-19-12-15(18)5-2/h9,15,17H,4-8,10-12H2,1-3H3. The fourth-order valence-corrected chi connectivity index (χ4v) is 3.74. The molecule has 1 aliphatic heterocycles. The second kappa shape index (κ2) is 8.13. The van der Waals surface area contributed by atoms with Crippen molar-refractivity contribution in [3.63, 3.8) is 0 Å². The minimum absolute atomic E-state index is 0.588. The Morgan fingerprint density at radius 3 is 3.05 bits per heavy atom. The van der Waals surface area contributed by atoms with Crippen LogP contribution in [-0.2, 0) is 17.8 Å². The highest BCUT2D eigenvalue weighted by molar-refractivity contribution is 7.12. The van der Waals surface area contributed by atoms with Gasteiger partial charge >= 0.3 is 0 Å². The molecule has 0 aliphatic carbocycles. The number of hydrogen-bond donors (Lipinski definition) is 1. The highest BCUT2D eigenvalue weighted by atomic mass is 32.1. The SMILES string of the molecule is CCCNCc1cc(CN2CCOCC2CC)c(C)s1. The van der Waals surface area contributed by atoms with Gasteiger partial charge in [0.15, 0.2) is 0 Å². The Kier molecular flexibility index (Phi) is 6.49. The molecule has 1 aromatic rings. The van der Waals surface area contributed by atoms with Crippen molar-refractivity contribution in [2.24, 2.45) is 0 Å². The highest BCUT2D eigenvalue weighted by Gasteiger charge is 2.22. The molecule has 0 radical (unpaired) electrons. The smallest absolute Gasteiger partial charge is 0.0622 e. The van der Waals surface area contributed by atoms with E-state index in [2.05, 4.69) is 37.1 Å². The van der Waals surface area contributed by atoms with Gasteiger partial charge in [-0.1, -0.05) is 13.8 Å². The molecular formula is C16H28N2OS. The van der Waals surface area contributed by atoms with Crippen LogP contribution in [0.1, 0.15) is 42.0 Å². The van der Waals surface area contributed by atoms with Crippen LogP contribution in [0.25, 0.3) is 0 Å². The first-order valence-electron chi connectivity index (χ1n) is 7.85. The minimum atomic E-state index is 0.588. The van der Waals surface area contributed by atoms with E-state index in [9.17, 15) is 0 Å². The molecule has 1 aliphatic rings. The lowest BCUT2D eigenvalue weighted by atomic mass is 10.1. The predicted molar refractivity (Wildman–Crippen MR) is 86.4 cm³/mol. The van der Waals surface area contributed by atoms with Gasteiger partial charge in [0.2, 0.25) is 0 Å². The molecule has 20 heavy (non-hydrogen) atoms. The molecule has 1 aromatic heterocycles. The van der Waals surface area contributed by atoms with E-state index in [1.54, 1.807) is 0 Å². The number of rotatable bonds is 7. The molecule has 2 heterocycles. The van der Waals surface area contributed by atoms with Gasteiger partial charge in [-0.25, -0.2) is 0 Å². The molecule has 1 atom stereocenters. The van der Waals surface area contributed by atoms with E-state index in [1.807, 2.05) is 11.3 Å². The van der Waals surface area contributed by atoms with Gasteiger partial charge in [0.05, 0.1) is 13.2 Å². The summed E-state index contributed by atoms with van der Waals surface area (Å²) in [5, 5.41) is 3.49. The Labute approximate surface area is 127 Å². The lowest BCUT2D eigenvalue weighted by molar-refractivity contribution is -0.0127. The van der Waals surface area contributed by atoms with E-state index >= 15 is 0 Å². The van der Waals surface area contributed by atoms with Crippen molar-refractivity contribution >= 4 is 11.3 Å². The predicted octanol–water partition coefficient (Wildman–Crippen LogP) is 3.17. The van der Waals surface area contributed by atoms with Crippen molar-refractivity contribution in [2.45, 2.75) is 52.7 Å². The Hall–Kier alpha value is -0.420. The molecule has 0 saturated carbocycles. The summed E-state index contributed by atoms with van der Waals surface area (Å²) in [5.41, 5.74) is 1.50. The Bertz CT molecular complexity index is 405. The zero-order valence-electron chi connectivity index (χ0n) is 13.1. The zero-order valence-corrected chi connectivity index (χ0v) is 13.9. The fourth-order valence-electron chi connectivity index (χ4n) is 2.71. The summed E-state index contributed by atoms with van der Waals surface area (Å²) in [7, 11) is 0. The Morgan fingerprint density at radius 1 is 1.45 bits per heavy atom. The molecule has 1 saturated heterocycles. The van der Waals surface area contributed by atoms with Crippen molar-refractivity contribution in [3.8, 4) is 0 Å². The van der Waals surface area contributed by atoms with E-state index in [1.165, 1.54) is 28.2 Å². The van der Waals surface area contributed by atoms with Crippen molar-refractivity contribution in [1.82, 2.24) is 10.2 Å². The van der Waals surface area contributed by atoms with Crippen LogP contribution in [0.2, 0.25) is 0 Å². The first-order chi connectivity index (χ1) is 9.74. The first kappa shape index (κ1) is 16.0. The number of thiophene rings is 1. The maximum atomic E-state index is 5.59. The fraction of sp³-hybridized carbons (Fsp3) is 0.750. The third kappa shape index (κ3) is 4.29. The largest absolute Gasteiger partial charge is 0.378 e. The molecule has 0 spiro atoms. The number of nitrogens with zero attached hydrogens (tertiary/aromatic N) is 1. The monoisotopic (exact) mass is 296 g/mol. The van der Waals surface area contributed by atoms with Crippen LogP contribution in [0, 0.1) is 6.92 Å². The number of aryl methyl sites for hydroxylation is 1. The maximum Gasteiger partial charge on any atom is 0.0622 e. The summed E-state index contributed by atoms with van der Waals surface area (Å²) in [6.07, 6.45) is 2.37. The second-order valence-electron chi connectivity index (χ2n) is 5.58. The van der Waals surface area contributed by atoms with Crippen molar-refractivity contribution in [2.75, 3.05) is 26.3 Å². The van der Waals surface area contributed by atoms with Crippen LogP contribution in [0.5, 0.6) is 0 Å². The van der Waals surface area contributed by atoms with Crippen LogP contribution in [-0.4, -0.2) is 37.2 Å². The summed E-state index contributed by atoms with van der Waals surface area (Å²) in [4.78, 5) is 5.52. The van der Waals surface area contributed by atoms with Gasteiger partial charge in [-0.3, -0.25) is 4.90 Å². The molecule has 0 aromatic carbocycles. The van der Waals surface area contributed by atoms with E-state index in [4.69, 9.17) is 4.74 Å². The van der Waals surface area contributed by atoms with Gasteiger partial charge in [0, 0.05) is 35.4 Å². The van der Waals surface area contributed by atoms with Crippen LogP contribution >= 0.6 is 11.3 Å². The van der Waals surface area contributed by atoms with E-state index in [-0.39, 0.29) is 0 Å². The van der Waals surface area contributed by atoms with Gasteiger partial charge in [-0.05, 0) is 37.9 Å². The van der Waals surface area contributed by atoms with Gasteiger partial charge in [0.25, 0.3) is 0 Å². The van der Waals surface area contributed by atoms with Gasteiger partial charge in [0.1, 0.15) is 0 Å². The maximum absolute atomic E-state index is 5.59. The molecule has 114 valence electrons. The molecular weight excluding hydrogens is 268 g/mol.